The molecule has 0 aliphatic rings. The standard InChI is InChI=1S/C21H24N2O3S2/c1-4-26-12-11-23-18-10-9-17(27-3)14-19(18)28-21(23)22-20(24)13-15-5-7-16(25-2)8-6-15/h5-10,14H,4,11-13H2,1-3H3. The van der Waals surface area contributed by atoms with E-state index in [0.29, 0.717) is 24.6 Å². The Balaban J connectivity index is 1.91. The number of nitrogens with zero attached hydrogens (tertiary/aromatic N) is 2. The van der Waals surface area contributed by atoms with Crippen LogP contribution in [-0.4, -0.2) is 37.1 Å². The summed E-state index contributed by atoms with van der Waals surface area (Å²) in [6, 6.07) is 13.8. The van der Waals surface area contributed by atoms with E-state index in [1.165, 1.54) is 4.90 Å². The number of benzene rings is 2. The first-order chi connectivity index (χ1) is 13.6. The van der Waals surface area contributed by atoms with Crippen LogP contribution in [0, 0.1) is 0 Å². The third-order valence-electron chi connectivity index (χ3n) is 4.29. The molecule has 0 spiro atoms. The lowest BCUT2D eigenvalue weighted by molar-refractivity contribution is -0.117. The van der Waals surface area contributed by atoms with Gasteiger partial charge in [-0.15, -0.1) is 11.8 Å². The second-order valence-electron chi connectivity index (χ2n) is 6.10. The van der Waals surface area contributed by atoms with E-state index in [9.17, 15) is 4.79 Å². The van der Waals surface area contributed by atoms with Crippen LogP contribution in [0.25, 0.3) is 10.2 Å². The minimum atomic E-state index is -0.160. The zero-order chi connectivity index (χ0) is 19.9. The van der Waals surface area contributed by atoms with Crippen molar-refractivity contribution < 1.29 is 14.3 Å². The Kier molecular flexibility index (Phi) is 7.30. The van der Waals surface area contributed by atoms with E-state index < -0.39 is 0 Å². The number of amides is 1. The van der Waals surface area contributed by atoms with E-state index in [0.717, 1.165) is 21.5 Å². The highest BCUT2D eigenvalue weighted by Crippen LogP contribution is 2.24. The normalized spacial score (nSPS) is 11.9. The third-order valence-corrected chi connectivity index (χ3v) is 6.05. The van der Waals surface area contributed by atoms with Gasteiger partial charge in [0.1, 0.15) is 5.75 Å². The molecular formula is C21H24N2O3S2. The van der Waals surface area contributed by atoms with Crippen molar-refractivity contribution in [1.82, 2.24) is 4.57 Å². The summed E-state index contributed by atoms with van der Waals surface area (Å²) in [4.78, 5) is 18.9. The average Bonchev–Trinajstić information content (AvgIpc) is 3.04. The van der Waals surface area contributed by atoms with Crippen LogP contribution in [0.5, 0.6) is 5.75 Å². The van der Waals surface area contributed by atoms with Gasteiger partial charge in [0.2, 0.25) is 0 Å². The molecule has 28 heavy (non-hydrogen) atoms. The van der Waals surface area contributed by atoms with Crippen LogP contribution in [0.4, 0.5) is 0 Å². The first-order valence-electron chi connectivity index (χ1n) is 9.10. The molecule has 0 unspecified atom stereocenters. The molecule has 0 radical (unpaired) electrons. The van der Waals surface area contributed by atoms with Gasteiger partial charge in [-0.2, -0.15) is 4.99 Å². The molecule has 0 aliphatic carbocycles. The van der Waals surface area contributed by atoms with Gasteiger partial charge >= 0.3 is 0 Å². The van der Waals surface area contributed by atoms with Gasteiger partial charge in [0.25, 0.3) is 5.91 Å². The van der Waals surface area contributed by atoms with E-state index in [2.05, 4.69) is 34.0 Å². The summed E-state index contributed by atoms with van der Waals surface area (Å²) in [5.41, 5.74) is 2.00. The number of hydrogen-bond acceptors (Lipinski definition) is 5. The molecule has 0 N–H and O–H groups in total. The molecular weight excluding hydrogens is 392 g/mol. The molecule has 5 nitrogen and oxygen atoms in total. The minimum absolute atomic E-state index is 0.160. The first-order valence-corrected chi connectivity index (χ1v) is 11.1. The molecule has 2 aromatic carbocycles. The number of thioether (sulfide) groups is 1. The van der Waals surface area contributed by atoms with Crippen LogP contribution < -0.4 is 9.54 Å². The number of carbonyl (C=O) groups is 1. The van der Waals surface area contributed by atoms with Gasteiger partial charge < -0.3 is 14.0 Å². The second-order valence-corrected chi connectivity index (χ2v) is 7.99. The van der Waals surface area contributed by atoms with Crippen molar-refractivity contribution in [1.29, 1.82) is 0 Å². The third kappa shape index (κ3) is 5.04. The van der Waals surface area contributed by atoms with Gasteiger partial charge in [0, 0.05) is 18.0 Å². The Labute approximate surface area is 173 Å². The van der Waals surface area contributed by atoms with Crippen LogP contribution >= 0.6 is 23.1 Å². The summed E-state index contributed by atoms with van der Waals surface area (Å²) >= 11 is 3.25. The number of methoxy groups -OCH3 is 1. The van der Waals surface area contributed by atoms with Crippen LogP contribution in [0.1, 0.15) is 12.5 Å². The highest BCUT2D eigenvalue weighted by Gasteiger charge is 2.09. The van der Waals surface area contributed by atoms with Crippen molar-refractivity contribution in [3.8, 4) is 5.75 Å². The molecule has 0 bridgehead atoms. The molecule has 1 heterocycles. The number of hydrogen-bond donors (Lipinski definition) is 0. The molecule has 0 fully saturated rings. The van der Waals surface area contributed by atoms with E-state index in [1.807, 2.05) is 31.2 Å². The topological polar surface area (TPSA) is 52.8 Å². The molecule has 0 atom stereocenters. The van der Waals surface area contributed by atoms with Crippen molar-refractivity contribution in [2.45, 2.75) is 24.8 Å². The fourth-order valence-electron chi connectivity index (χ4n) is 2.85. The molecule has 148 valence electrons. The lowest BCUT2D eigenvalue weighted by Gasteiger charge is -2.06. The van der Waals surface area contributed by atoms with Gasteiger partial charge in [-0.05, 0) is 49.1 Å². The molecule has 1 aromatic heterocycles. The summed E-state index contributed by atoms with van der Waals surface area (Å²) in [6.07, 6.45) is 2.32. The highest BCUT2D eigenvalue weighted by atomic mass is 32.2. The Hall–Kier alpha value is -2.09. The van der Waals surface area contributed by atoms with Gasteiger partial charge in [-0.25, -0.2) is 0 Å². The van der Waals surface area contributed by atoms with Crippen molar-refractivity contribution in [2.75, 3.05) is 26.6 Å². The molecule has 3 rings (SSSR count). The van der Waals surface area contributed by atoms with Gasteiger partial charge in [-0.1, -0.05) is 23.5 Å². The number of aromatic nitrogens is 1. The van der Waals surface area contributed by atoms with Gasteiger partial charge in [0.05, 0.1) is 30.4 Å². The van der Waals surface area contributed by atoms with E-state index >= 15 is 0 Å². The van der Waals surface area contributed by atoms with Crippen molar-refractivity contribution in [3.05, 3.63) is 52.8 Å². The molecule has 3 aromatic rings. The number of thiazole rings is 1. The summed E-state index contributed by atoms with van der Waals surface area (Å²) in [5, 5.41) is 0. The zero-order valence-corrected chi connectivity index (χ0v) is 17.9. The molecule has 0 aliphatic heterocycles. The van der Waals surface area contributed by atoms with E-state index in [1.54, 1.807) is 30.2 Å². The van der Waals surface area contributed by atoms with Crippen LogP contribution in [0.2, 0.25) is 0 Å². The first kappa shape index (κ1) is 20.6. The van der Waals surface area contributed by atoms with Crippen molar-refractivity contribution in [3.63, 3.8) is 0 Å². The maximum Gasteiger partial charge on any atom is 0.252 e. The summed E-state index contributed by atoms with van der Waals surface area (Å²) in [7, 11) is 1.63. The number of carbonyl (C=O) groups excluding carboxylic acids is 1. The fraction of sp³-hybridized carbons (Fsp3) is 0.333. The summed E-state index contributed by atoms with van der Waals surface area (Å²) in [5.74, 6) is 0.614. The Morgan fingerprint density at radius 1 is 1.21 bits per heavy atom. The lowest BCUT2D eigenvalue weighted by atomic mass is 10.1. The monoisotopic (exact) mass is 416 g/mol. The zero-order valence-electron chi connectivity index (χ0n) is 16.3. The SMILES string of the molecule is CCOCCn1c(=NC(=O)Cc2ccc(OC)cc2)sc2cc(SC)ccc21. The van der Waals surface area contributed by atoms with Crippen LogP contribution in [-0.2, 0) is 22.5 Å². The summed E-state index contributed by atoms with van der Waals surface area (Å²) in [6.45, 7) is 3.90. The largest absolute Gasteiger partial charge is 0.497 e. The number of rotatable bonds is 8. The van der Waals surface area contributed by atoms with Gasteiger partial charge in [0.15, 0.2) is 4.80 Å². The maximum atomic E-state index is 12.6. The second kappa shape index (κ2) is 9.91. The summed E-state index contributed by atoms with van der Waals surface area (Å²) < 4.78 is 13.9. The molecule has 1 amide bonds. The van der Waals surface area contributed by atoms with E-state index in [4.69, 9.17) is 9.47 Å². The minimum Gasteiger partial charge on any atom is -0.497 e. The van der Waals surface area contributed by atoms with E-state index in [-0.39, 0.29) is 12.3 Å². The van der Waals surface area contributed by atoms with Crippen LogP contribution in [0.15, 0.2) is 52.4 Å². The smallest absolute Gasteiger partial charge is 0.252 e. The number of fused-ring (bicyclic) bond motifs is 1. The maximum absolute atomic E-state index is 12.6. The average molecular weight is 417 g/mol. The predicted molar refractivity (Wildman–Crippen MR) is 115 cm³/mol. The predicted octanol–water partition coefficient (Wildman–Crippen LogP) is 4.14. The lowest BCUT2D eigenvalue weighted by Crippen LogP contribution is -2.20. The molecule has 7 heteroatoms. The fourth-order valence-corrected chi connectivity index (χ4v) is 4.47. The Bertz CT molecular complexity index is 1010. The molecule has 0 saturated carbocycles. The Morgan fingerprint density at radius 2 is 2.00 bits per heavy atom. The van der Waals surface area contributed by atoms with Crippen LogP contribution in [0.3, 0.4) is 0 Å². The van der Waals surface area contributed by atoms with Crippen molar-refractivity contribution in [2.24, 2.45) is 4.99 Å². The van der Waals surface area contributed by atoms with Crippen molar-refractivity contribution >= 4 is 39.2 Å². The number of ether oxygens (including phenoxy) is 2. The molecule has 0 saturated heterocycles. The van der Waals surface area contributed by atoms with Gasteiger partial charge in [-0.3, -0.25) is 4.79 Å². The highest BCUT2D eigenvalue weighted by molar-refractivity contribution is 7.98. The Morgan fingerprint density at radius 3 is 2.68 bits per heavy atom. The quantitative estimate of drug-likeness (QED) is 0.409.